The van der Waals surface area contributed by atoms with Crippen LogP contribution in [0.3, 0.4) is 0 Å². The number of benzene rings is 1. The molecular weight excluding hydrogens is 258 g/mol. The third-order valence-electron chi connectivity index (χ3n) is 3.53. The number of ether oxygens (including phenoxy) is 1. The van der Waals surface area contributed by atoms with Crippen LogP contribution in [0.25, 0.3) is 0 Å². The first-order valence-corrected chi connectivity index (χ1v) is 6.69. The molecule has 1 aromatic rings. The van der Waals surface area contributed by atoms with Gasteiger partial charge in [-0.05, 0) is 43.5 Å². The van der Waals surface area contributed by atoms with Gasteiger partial charge in [-0.25, -0.2) is 0 Å². The maximum Gasteiger partial charge on any atom is 0.258 e. The maximum atomic E-state index is 11.8. The van der Waals surface area contributed by atoms with Crippen molar-refractivity contribution in [2.24, 2.45) is 0 Å². The highest BCUT2D eigenvalue weighted by Crippen LogP contribution is 2.16. The summed E-state index contributed by atoms with van der Waals surface area (Å²) in [6.45, 7) is 5.00. The van der Waals surface area contributed by atoms with E-state index in [1.807, 2.05) is 26.0 Å². The minimum absolute atomic E-state index is 0.149. The summed E-state index contributed by atoms with van der Waals surface area (Å²) in [6, 6.07) is 5.61. The molecule has 0 aliphatic carbocycles. The van der Waals surface area contributed by atoms with Gasteiger partial charge in [-0.3, -0.25) is 4.79 Å². The number of carbonyl (C=O) groups excluding carboxylic acids is 1. The predicted molar refractivity (Wildman–Crippen MR) is 76.7 cm³/mol. The van der Waals surface area contributed by atoms with Crippen molar-refractivity contribution in [3.63, 3.8) is 0 Å². The molecule has 0 heterocycles. The van der Waals surface area contributed by atoms with E-state index in [9.17, 15) is 15.0 Å². The number of aryl methyl sites for hydroxylation is 2. The molecule has 0 radical (unpaired) electrons. The Hall–Kier alpha value is -1.59. The molecular formula is C15H23NO4. The normalized spacial score (nSPS) is 11.2. The first-order chi connectivity index (χ1) is 9.46. The molecule has 112 valence electrons. The van der Waals surface area contributed by atoms with Gasteiger partial charge < -0.3 is 20.3 Å². The molecule has 0 saturated carbocycles. The van der Waals surface area contributed by atoms with Gasteiger partial charge in [-0.15, -0.1) is 0 Å². The fraction of sp³-hybridized carbons (Fsp3) is 0.533. The minimum Gasteiger partial charge on any atom is -0.484 e. The number of carbonyl (C=O) groups is 1. The standard InChI is InChI=1S/C15H23NO4/c1-4-15(9-17,10-18)16-14(19)8-20-13-6-5-11(2)12(3)7-13/h5-7,17-18H,4,8-10H2,1-3H3,(H,16,19). The van der Waals surface area contributed by atoms with Crippen molar-refractivity contribution in [2.45, 2.75) is 32.7 Å². The molecule has 3 N–H and O–H groups in total. The zero-order valence-corrected chi connectivity index (χ0v) is 12.3. The second-order valence-corrected chi connectivity index (χ2v) is 5.03. The molecule has 5 heteroatoms. The van der Waals surface area contributed by atoms with Gasteiger partial charge >= 0.3 is 0 Å². The number of amides is 1. The van der Waals surface area contributed by atoms with Crippen LogP contribution in [0.2, 0.25) is 0 Å². The summed E-state index contributed by atoms with van der Waals surface area (Å²) < 4.78 is 5.41. The van der Waals surface area contributed by atoms with Gasteiger partial charge in [0.25, 0.3) is 5.91 Å². The smallest absolute Gasteiger partial charge is 0.258 e. The Balaban J connectivity index is 2.56. The molecule has 0 spiro atoms. The van der Waals surface area contributed by atoms with Crippen LogP contribution in [-0.2, 0) is 4.79 Å². The van der Waals surface area contributed by atoms with Gasteiger partial charge in [0.15, 0.2) is 6.61 Å². The highest BCUT2D eigenvalue weighted by atomic mass is 16.5. The highest BCUT2D eigenvalue weighted by Gasteiger charge is 2.28. The summed E-state index contributed by atoms with van der Waals surface area (Å²) in [7, 11) is 0. The van der Waals surface area contributed by atoms with Gasteiger partial charge in [-0.2, -0.15) is 0 Å². The zero-order chi connectivity index (χ0) is 15.2. The van der Waals surface area contributed by atoms with Gasteiger partial charge in [0.1, 0.15) is 5.75 Å². The van der Waals surface area contributed by atoms with E-state index in [0.29, 0.717) is 12.2 Å². The van der Waals surface area contributed by atoms with Crippen molar-refractivity contribution in [3.8, 4) is 5.75 Å². The molecule has 1 amide bonds. The fourth-order valence-electron chi connectivity index (χ4n) is 1.73. The number of aliphatic hydroxyl groups is 2. The second-order valence-electron chi connectivity index (χ2n) is 5.03. The van der Waals surface area contributed by atoms with E-state index in [-0.39, 0.29) is 25.7 Å². The molecule has 0 aliphatic heterocycles. The van der Waals surface area contributed by atoms with Crippen molar-refractivity contribution in [3.05, 3.63) is 29.3 Å². The number of aliphatic hydroxyl groups excluding tert-OH is 2. The topological polar surface area (TPSA) is 78.8 Å². The number of hydrogen-bond acceptors (Lipinski definition) is 4. The summed E-state index contributed by atoms with van der Waals surface area (Å²) in [4.78, 5) is 11.8. The Morgan fingerprint density at radius 1 is 1.25 bits per heavy atom. The van der Waals surface area contributed by atoms with E-state index in [1.54, 1.807) is 13.0 Å². The molecule has 5 nitrogen and oxygen atoms in total. The summed E-state index contributed by atoms with van der Waals surface area (Å²) in [5, 5.41) is 21.1. The molecule has 0 bridgehead atoms. The lowest BCUT2D eigenvalue weighted by Crippen LogP contribution is -2.54. The Morgan fingerprint density at radius 3 is 2.40 bits per heavy atom. The summed E-state index contributed by atoms with van der Waals surface area (Å²) >= 11 is 0. The summed E-state index contributed by atoms with van der Waals surface area (Å²) in [5.74, 6) is 0.256. The molecule has 0 saturated heterocycles. The Labute approximate surface area is 119 Å². The third kappa shape index (κ3) is 4.21. The lowest BCUT2D eigenvalue weighted by Gasteiger charge is -2.29. The molecule has 0 atom stereocenters. The molecule has 1 aromatic carbocycles. The van der Waals surface area contributed by atoms with Crippen LogP contribution >= 0.6 is 0 Å². The van der Waals surface area contributed by atoms with Gasteiger partial charge in [0.05, 0.1) is 18.8 Å². The van der Waals surface area contributed by atoms with Crippen LogP contribution in [0, 0.1) is 13.8 Å². The molecule has 1 rings (SSSR count). The fourth-order valence-corrected chi connectivity index (χ4v) is 1.73. The Kier molecular flexibility index (Phi) is 5.98. The quantitative estimate of drug-likeness (QED) is 0.695. The summed E-state index contributed by atoms with van der Waals surface area (Å²) in [5.41, 5.74) is 1.27. The largest absolute Gasteiger partial charge is 0.484 e. The molecule has 20 heavy (non-hydrogen) atoms. The van der Waals surface area contributed by atoms with E-state index in [1.165, 1.54) is 0 Å². The maximum absolute atomic E-state index is 11.8. The van der Waals surface area contributed by atoms with Crippen LogP contribution in [0.1, 0.15) is 24.5 Å². The average molecular weight is 281 g/mol. The van der Waals surface area contributed by atoms with Crippen molar-refractivity contribution in [1.29, 1.82) is 0 Å². The van der Waals surface area contributed by atoms with Crippen LogP contribution in [0.4, 0.5) is 0 Å². The molecule has 0 aromatic heterocycles. The van der Waals surface area contributed by atoms with Gasteiger partial charge in [-0.1, -0.05) is 13.0 Å². The van der Waals surface area contributed by atoms with Gasteiger partial charge in [0, 0.05) is 0 Å². The first-order valence-electron chi connectivity index (χ1n) is 6.69. The van der Waals surface area contributed by atoms with E-state index in [0.717, 1.165) is 11.1 Å². The monoisotopic (exact) mass is 281 g/mol. The third-order valence-corrected chi connectivity index (χ3v) is 3.53. The molecule has 0 unspecified atom stereocenters. The van der Waals surface area contributed by atoms with Crippen molar-refractivity contribution >= 4 is 5.91 Å². The molecule has 0 aliphatic rings. The highest BCUT2D eigenvalue weighted by molar-refractivity contribution is 5.78. The summed E-state index contributed by atoms with van der Waals surface area (Å²) in [6.07, 6.45) is 0.440. The van der Waals surface area contributed by atoms with E-state index >= 15 is 0 Å². The number of rotatable bonds is 7. The van der Waals surface area contributed by atoms with E-state index in [4.69, 9.17) is 4.74 Å². The lowest BCUT2D eigenvalue weighted by atomic mass is 9.98. The van der Waals surface area contributed by atoms with Crippen LogP contribution in [0.5, 0.6) is 5.75 Å². The van der Waals surface area contributed by atoms with Crippen LogP contribution in [-0.4, -0.2) is 41.5 Å². The van der Waals surface area contributed by atoms with Gasteiger partial charge in [0.2, 0.25) is 0 Å². The van der Waals surface area contributed by atoms with Crippen molar-refractivity contribution in [1.82, 2.24) is 5.32 Å². The molecule has 0 fully saturated rings. The van der Waals surface area contributed by atoms with E-state index < -0.39 is 5.54 Å². The zero-order valence-electron chi connectivity index (χ0n) is 12.3. The lowest BCUT2D eigenvalue weighted by molar-refractivity contribution is -0.126. The van der Waals surface area contributed by atoms with Crippen LogP contribution in [0.15, 0.2) is 18.2 Å². The Morgan fingerprint density at radius 2 is 1.90 bits per heavy atom. The van der Waals surface area contributed by atoms with Crippen molar-refractivity contribution < 1.29 is 19.7 Å². The average Bonchev–Trinajstić information content (AvgIpc) is 2.46. The SMILES string of the molecule is CCC(CO)(CO)NC(=O)COc1ccc(C)c(C)c1. The predicted octanol–water partition coefficient (Wildman–Crippen LogP) is 0.932. The Bertz CT molecular complexity index is 447. The van der Waals surface area contributed by atoms with Crippen LogP contribution < -0.4 is 10.1 Å². The van der Waals surface area contributed by atoms with E-state index in [2.05, 4.69) is 5.32 Å². The second kappa shape index (κ2) is 7.26. The first kappa shape index (κ1) is 16.5. The van der Waals surface area contributed by atoms with Crippen molar-refractivity contribution in [2.75, 3.05) is 19.8 Å². The minimum atomic E-state index is -0.983. The number of nitrogens with one attached hydrogen (secondary N) is 1. The number of hydrogen-bond donors (Lipinski definition) is 3.